The lowest BCUT2D eigenvalue weighted by molar-refractivity contribution is 0.317. The van der Waals surface area contributed by atoms with Gasteiger partial charge in [-0.3, -0.25) is 0 Å². The lowest BCUT2D eigenvalue weighted by Crippen LogP contribution is -2.09. The number of ether oxygens (including phenoxy) is 1. The first-order valence-corrected chi connectivity index (χ1v) is 6.75. The summed E-state index contributed by atoms with van der Waals surface area (Å²) < 4.78 is 18.8. The van der Waals surface area contributed by atoms with Gasteiger partial charge in [0.25, 0.3) is 0 Å². The van der Waals surface area contributed by atoms with Crippen LogP contribution in [0.4, 0.5) is 4.39 Å². The van der Waals surface area contributed by atoms with Crippen LogP contribution in [0.1, 0.15) is 23.4 Å². The van der Waals surface area contributed by atoms with Crippen molar-refractivity contribution in [3.8, 4) is 5.75 Å². The van der Waals surface area contributed by atoms with Crippen molar-refractivity contribution in [1.29, 1.82) is 0 Å². The average molecular weight is 265 g/mol. The van der Waals surface area contributed by atoms with Crippen LogP contribution in [-0.2, 0) is 6.42 Å². The topological polar surface area (TPSA) is 35.2 Å². The third-order valence-electron chi connectivity index (χ3n) is 2.65. The van der Waals surface area contributed by atoms with Gasteiger partial charge >= 0.3 is 0 Å². The van der Waals surface area contributed by atoms with Gasteiger partial charge in [0.05, 0.1) is 6.61 Å². The van der Waals surface area contributed by atoms with Gasteiger partial charge in [0.1, 0.15) is 11.6 Å². The molecule has 0 radical (unpaired) electrons. The Hall–Kier alpha value is -1.39. The zero-order valence-electron chi connectivity index (χ0n) is 10.2. The minimum absolute atomic E-state index is 0.238. The molecule has 1 aromatic carbocycles. The second-order valence-corrected chi connectivity index (χ2v) is 5.18. The summed E-state index contributed by atoms with van der Waals surface area (Å²) in [4.78, 5) is 1.28. The second-order valence-electron chi connectivity index (χ2n) is 4.15. The van der Waals surface area contributed by atoms with Gasteiger partial charge in [0.2, 0.25) is 0 Å². The van der Waals surface area contributed by atoms with E-state index in [9.17, 15) is 4.39 Å². The molecular formula is C14H16FNOS. The monoisotopic (exact) mass is 265 g/mol. The van der Waals surface area contributed by atoms with Crippen molar-refractivity contribution < 1.29 is 9.13 Å². The van der Waals surface area contributed by atoms with E-state index in [2.05, 4.69) is 6.07 Å². The quantitative estimate of drug-likeness (QED) is 0.897. The maximum Gasteiger partial charge on any atom is 0.124 e. The van der Waals surface area contributed by atoms with Crippen LogP contribution in [0.2, 0.25) is 0 Å². The van der Waals surface area contributed by atoms with E-state index in [0.717, 1.165) is 6.42 Å². The second kappa shape index (κ2) is 5.98. The number of benzene rings is 1. The third kappa shape index (κ3) is 3.31. The zero-order chi connectivity index (χ0) is 13.0. The maximum atomic E-state index is 13.1. The lowest BCUT2D eigenvalue weighted by Gasteiger charge is -2.13. The molecule has 0 spiro atoms. The largest absolute Gasteiger partial charge is 0.493 e. The van der Waals surface area contributed by atoms with Crippen LogP contribution >= 0.6 is 11.3 Å². The summed E-state index contributed by atoms with van der Waals surface area (Å²) in [5.74, 6) is 0.385. The Balaban J connectivity index is 2.00. The van der Waals surface area contributed by atoms with E-state index in [0.29, 0.717) is 17.9 Å². The lowest BCUT2D eigenvalue weighted by atomic mass is 10.1. The molecule has 18 heavy (non-hydrogen) atoms. The number of nitrogens with two attached hydrogens (primary N) is 1. The molecule has 2 aromatic rings. The van der Waals surface area contributed by atoms with E-state index < -0.39 is 0 Å². The molecule has 0 aliphatic carbocycles. The maximum absolute atomic E-state index is 13.1. The Labute approximate surface area is 110 Å². The van der Waals surface area contributed by atoms with Crippen molar-refractivity contribution in [3.63, 3.8) is 0 Å². The van der Waals surface area contributed by atoms with Crippen molar-refractivity contribution in [2.75, 3.05) is 6.61 Å². The molecule has 1 aromatic heterocycles. The fourth-order valence-corrected chi connectivity index (χ4v) is 2.41. The van der Waals surface area contributed by atoms with Gasteiger partial charge in [-0.1, -0.05) is 6.07 Å². The number of thiophene rings is 1. The minimum Gasteiger partial charge on any atom is -0.493 e. The number of hydrogen-bond donors (Lipinski definition) is 1. The fraction of sp³-hybridized carbons (Fsp3) is 0.286. The van der Waals surface area contributed by atoms with Gasteiger partial charge in [0, 0.05) is 22.9 Å². The number of rotatable bonds is 5. The molecule has 96 valence electrons. The van der Waals surface area contributed by atoms with Gasteiger partial charge in [-0.05, 0) is 36.6 Å². The molecule has 0 saturated heterocycles. The molecule has 2 N–H and O–H groups in total. The molecule has 0 bridgehead atoms. The predicted molar refractivity (Wildman–Crippen MR) is 72.5 cm³/mol. The first kappa shape index (κ1) is 13.1. The highest BCUT2D eigenvalue weighted by Gasteiger charge is 2.09. The average Bonchev–Trinajstić information content (AvgIpc) is 2.84. The van der Waals surface area contributed by atoms with Crippen molar-refractivity contribution >= 4 is 11.3 Å². The predicted octanol–water partition coefficient (Wildman–Crippen LogP) is 3.53. The molecule has 1 atom stereocenters. The first-order valence-electron chi connectivity index (χ1n) is 5.87. The first-order chi connectivity index (χ1) is 8.66. The minimum atomic E-state index is -0.284. The molecule has 1 heterocycles. The summed E-state index contributed by atoms with van der Waals surface area (Å²) in [7, 11) is 0. The van der Waals surface area contributed by atoms with Crippen molar-refractivity contribution in [2.45, 2.75) is 19.4 Å². The summed E-state index contributed by atoms with van der Waals surface area (Å²) in [6.07, 6.45) is 0.855. The normalized spacial score (nSPS) is 12.4. The van der Waals surface area contributed by atoms with Crippen molar-refractivity contribution in [1.82, 2.24) is 0 Å². The Morgan fingerprint density at radius 3 is 2.89 bits per heavy atom. The number of hydrogen-bond acceptors (Lipinski definition) is 3. The molecule has 0 unspecified atom stereocenters. The van der Waals surface area contributed by atoms with E-state index in [1.54, 1.807) is 17.4 Å². The summed E-state index contributed by atoms with van der Waals surface area (Å²) >= 11 is 1.71. The van der Waals surface area contributed by atoms with Crippen LogP contribution in [0.15, 0.2) is 35.7 Å². The molecule has 2 rings (SSSR count). The summed E-state index contributed by atoms with van der Waals surface area (Å²) in [6.45, 7) is 2.40. The van der Waals surface area contributed by atoms with Crippen LogP contribution in [0, 0.1) is 5.82 Å². The van der Waals surface area contributed by atoms with E-state index in [1.165, 1.54) is 17.0 Å². The summed E-state index contributed by atoms with van der Waals surface area (Å²) in [5, 5.41) is 2.04. The fourth-order valence-electron chi connectivity index (χ4n) is 1.72. The third-order valence-corrected chi connectivity index (χ3v) is 3.58. The van der Waals surface area contributed by atoms with Gasteiger partial charge in [-0.2, -0.15) is 0 Å². The standard InChI is InChI=1S/C14H16FNOS/c1-10(16)13-9-11(15)4-5-14(13)17-7-6-12-3-2-8-18-12/h2-5,8-10H,6-7,16H2,1H3/t10-/m1/s1. The molecule has 4 heteroatoms. The molecule has 0 saturated carbocycles. The van der Waals surface area contributed by atoms with Crippen LogP contribution in [0.3, 0.4) is 0 Å². The van der Waals surface area contributed by atoms with Gasteiger partial charge in [-0.25, -0.2) is 4.39 Å². The Morgan fingerprint density at radius 2 is 2.22 bits per heavy atom. The van der Waals surface area contributed by atoms with Crippen LogP contribution < -0.4 is 10.5 Å². The van der Waals surface area contributed by atoms with E-state index >= 15 is 0 Å². The van der Waals surface area contributed by atoms with E-state index in [1.807, 2.05) is 18.4 Å². The number of halogens is 1. The SMILES string of the molecule is C[C@@H](N)c1cc(F)ccc1OCCc1cccs1. The highest BCUT2D eigenvalue weighted by Crippen LogP contribution is 2.25. The molecule has 0 fully saturated rings. The van der Waals surface area contributed by atoms with Crippen LogP contribution in [0.5, 0.6) is 5.75 Å². The summed E-state index contributed by atoms with van der Waals surface area (Å²) in [6, 6.07) is 8.33. The van der Waals surface area contributed by atoms with E-state index in [4.69, 9.17) is 10.5 Å². The van der Waals surface area contributed by atoms with Crippen molar-refractivity contribution in [2.24, 2.45) is 5.73 Å². The Morgan fingerprint density at radius 1 is 1.39 bits per heavy atom. The molecule has 0 aliphatic heterocycles. The molecule has 0 amide bonds. The molecule has 0 aliphatic rings. The molecule has 2 nitrogen and oxygen atoms in total. The van der Waals surface area contributed by atoms with Crippen LogP contribution in [-0.4, -0.2) is 6.61 Å². The van der Waals surface area contributed by atoms with Gasteiger partial charge in [0.15, 0.2) is 0 Å². The Kier molecular flexibility index (Phi) is 4.33. The molecular weight excluding hydrogens is 249 g/mol. The smallest absolute Gasteiger partial charge is 0.124 e. The van der Waals surface area contributed by atoms with Gasteiger partial charge in [-0.15, -0.1) is 11.3 Å². The summed E-state index contributed by atoms with van der Waals surface area (Å²) in [5.41, 5.74) is 6.51. The highest BCUT2D eigenvalue weighted by molar-refractivity contribution is 7.09. The zero-order valence-corrected chi connectivity index (χ0v) is 11.0. The van der Waals surface area contributed by atoms with Crippen LogP contribution in [0.25, 0.3) is 0 Å². The van der Waals surface area contributed by atoms with E-state index in [-0.39, 0.29) is 11.9 Å². The van der Waals surface area contributed by atoms with Gasteiger partial charge < -0.3 is 10.5 Å². The van der Waals surface area contributed by atoms with Crippen molar-refractivity contribution in [3.05, 3.63) is 52.0 Å². The highest BCUT2D eigenvalue weighted by atomic mass is 32.1. The Bertz CT molecular complexity index is 497.